The summed E-state index contributed by atoms with van der Waals surface area (Å²) in [5.41, 5.74) is 6.10. The van der Waals surface area contributed by atoms with Crippen LogP contribution in [0, 0.1) is 6.92 Å². The molecule has 0 spiro atoms. The van der Waals surface area contributed by atoms with E-state index >= 15 is 0 Å². The van der Waals surface area contributed by atoms with Crippen LogP contribution in [0.1, 0.15) is 12.1 Å². The molecule has 1 unspecified atom stereocenters. The molecule has 0 aliphatic rings. The lowest BCUT2D eigenvalue weighted by molar-refractivity contribution is 0.468. The molecule has 0 saturated carbocycles. The first-order valence-electron chi connectivity index (χ1n) is 4.91. The molecule has 0 fully saturated rings. The maximum atomic E-state index is 11.6. The van der Waals surface area contributed by atoms with Crippen molar-refractivity contribution in [2.45, 2.75) is 19.9 Å². The molecule has 0 amide bonds. The van der Waals surface area contributed by atoms with Gasteiger partial charge >= 0.3 is 0 Å². The van der Waals surface area contributed by atoms with Gasteiger partial charge in [-0.2, -0.15) is 0 Å². The number of nitrogens with zero attached hydrogens (tertiary/aromatic N) is 3. The van der Waals surface area contributed by atoms with E-state index < -0.39 is 7.37 Å². The van der Waals surface area contributed by atoms with E-state index in [0.29, 0.717) is 19.5 Å². The quantitative estimate of drug-likeness (QED) is 0.683. The second kappa shape index (κ2) is 5.39. The van der Waals surface area contributed by atoms with Crippen molar-refractivity contribution in [2.75, 3.05) is 18.9 Å². The van der Waals surface area contributed by atoms with Crippen LogP contribution in [0.4, 0.5) is 0 Å². The normalized spacial score (nSPS) is 15.1. The Bertz CT molecular complexity index is 352. The van der Waals surface area contributed by atoms with Gasteiger partial charge in [0, 0.05) is 18.5 Å². The van der Waals surface area contributed by atoms with Gasteiger partial charge in [0.25, 0.3) is 0 Å². The number of hydrogen-bond donors (Lipinski definition) is 2. The van der Waals surface area contributed by atoms with Crippen LogP contribution in [0.15, 0.2) is 6.20 Å². The van der Waals surface area contributed by atoms with Crippen LogP contribution in [-0.2, 0) is 11.1 Å². The Balaban J connectivity index is 2.39. The molecule has 1 rings (SSSR count). The Morgan fingerprint density at radius 1 is 1.60 bits per heavy atom. The van der Waals surface area contributed by atoms with Crippen molar-refractivity contribution in [1.82, 2.24) is 15.0 Å². The monoisotopic (exact) mass is 232 g/mol. The number of aromatic nitrogens is 3. The van der Waals surface area contributed by atoms with E-state index in [4.69, 9.17) is 5.73 Å². The number of nitrogens with two attached hydrogens (primary N) is 1. The molecule has 15 heavy (non-hydrogen) atoms. The fourth-order valence-electron chi connectivity index (χ4n) is 1.21. The Kier molecular flexibility index (Phi) is 4.45. The van der Waals surface area contributed by atoms with Gasteiger partial charge in [0.05, 0.1) is 12.2 Å². The fraction of sp³-hybridized carbons (Fsp3) is 0.750. The minimum absolute atomic E-state index is 0.232. The molecule has 1 aromatic heterocycles. The third-order valence-corrected chi connectivity index (χ3v) is 3.96. The van der Waals surface area contributed by atoms with Gasteiger partial charge in [0.15, 0.2) is 0 Å². The van der Waals surface area contributed by atoms with Crippen molar-refractivity contribution in [2.24, 2.45) is 5.73 Å². The van der Waals surface area contributed by atoms with Crippen LogP contribution >= 0.6 is 7.37 Å². The van der Waals surface area contributed by atoms with Crippen LogP contribution in [0.3, 0.4) is 0 Å². The second-order valence-electron chi connectivity index (χ2n) is 3.56. The predicted molar refractivity (Wildman–Crippen MR) is 58.0 cm³/mol. The molecule has 3 N–H and O–H groups in total. The van der Waals surface area contributed by atoms with Crippen LogP contribution in [-0.4, -0.2) is 38.8 Å². The lowest BCUT2D eigenvalue weighted by atomic mass is 10.5. The highest BCUT2D eigenvalue weighted by Gasteiger charge is 2.17. The second-order valence-corrected chi connectivity index (χ2v) is 6.15. The molecular weight excluding hydrogens is 215 g/mol. The molecule has 0 radical (unpaired) electrons. The Morgan fingerprint density at radius 2 is 2.33 bits per heavy atom. The third kappa shape index (κ3) is 4.55. The summed E-state index contributed by atoms with van der Waals surface area (Å²) in [5.74, 6) is 0. The summed E-state index contributed by atoms with van der Waals surface area (Å²) in [6.45, 7) is 2.71. The van der Waals surface area contributed by atoms with Crippen molar-refractivity contribution in [3.8, 4) is 0 Å². The van der Waals surface area contributed by atoms with Crippen molar-refractivity contribution < 1.29 is 9.46 Å². The van der Waals surface area contributed by atoms with Gasteiger partial charge in [0.2, 0.25) is 7.37 Å². The first-order valence-corrected chi connectivity index (χ1v) is 6.94. The summed E-state index contributed by atoms with van der Waals surface area (Å²) in [4.78, 5) is 9.55. The van der Waals surface area contributed by atoms with E-state index in [1.807, 2.05) is 6.92 Å². The lowest BCUT2D eigenvalue weighted by Crippen LogP contribution is -2.08. The fourth-order valence-corrected chi connectivity index (χ4v) is 2.63. The molecule has 1 heterocycles. The molecule has 0 saturated heterocycles. The minimum Gasteiger partial charge on any atom is -0.344 e. The summed E-state index contributed by atoms with van der Waals surface area (Å²) in [6, 6.07) is 0. The molecular formula is C8H17N4O2P. The standard InChI is InChI=1S/C8H17N4O2P/c1-8-7-12(11-10-8)4-6-15(13,14)5-2-3-9/h7H,2-6,9H2,1H3,(H,13,14). The highest BCUT2D eigenvalue weighted by Crippen LogP contribution is 2.40. The molecule has 7 heteroatoms. The highest BCUT2D eigenvalue weighted by atomic mass is 31.2. The zero-order valence-corrected chi connectivity index (χ0v) is 9.73. The minimum atomic E-state index is -3.03. The Morgan fingerprint density at radius 3 is 2.87 bits per heavy atom. The Hall–Kier alpha value is -0.710. The first-order chi connectivity index (χ1) is 7.03. The number of rotatable bonds is 6. The lowest BCUT2D eigenvalue weighted by Gasteiger charge is -2.10. The predicted octanol–water partition coefficient (Wildman–Crippen LogP) is 0.206. The van der Waals surface area contributed by atoms with E-state index in [-0.39, 0.29) is 12.3 Å². The van der Waals surface area contributed by atoms with Crippen molar-refractivity contribution in [3.63, 3.8) is 0 Å². The first kappa shape index (κ1) is 12.4. The average molecular weight is 232 g/mol. The van der Waals surface area contributed by atoms with E-state index in [0.717, 1.165) is 5.69 Å². The number of hydrogen-bond acceptors (Lipinski definition) is 4. The van der Waals surface area contributed by atoms with Gasteiger partial charge in [-0.3, -0.25) is 9.25 Å². The van der Waals surface area contributed by atoms with Gasteiger partial charge in [0.1, 0.15) is 0 Å². The molecule has 86 valence electrons. The van der Waals surface area contributed by atoms with E-state index in [1.54, 1.807) is 10.9 Å². The van der Waals surface area contributed by atoms with Crippen LogP contribution in [0.2, 0.25) is 0 Å². The van der Waals surface area contributed by atoms with Crippen molar-refractivity contribution >= 4 is 7.37 Å². The van der Waals surface area contributed by atoms with E-state index in [9.17, 15) is 9.46 Å². The Labute approximate surface area is 88.9 Å². The van der Waals surface area contributed by atoms with E-state index in [2.05, 4.69) is 10.3 Å². The van der Waals surface area contributed by atoms with Crippen LogP contribution in [0.5, 0.6) is 0 Å². The summed E-state index contributed by atoms with van der Waals surface area (Å²) in [6.07, 6.45) is 2.86. The van der Waals surface area contributed by atoms with Gasteiger partial charge in [-0.1, -0.05) is 5.21 Å². The molecule has 0 bridgehead atoms. The SMILES string of the molecule is Cc1cn(CCP(=O)(O)CCCN)nn1. The van der Waals surface area contributed by atoms with Crippen LogP contribution < -0.4 is 5.73 Å². The smallest absolute Gasteiger partial charge is 0.202 e. The van der Waals surface area contributed by atoms with Crippen molar-refractivity contribution in [1.29, 1.82) is 0 Å². The topological polar surface area (TPSA) is 94.0 Å². The molecule has 0 aliphatic carbocycles. The van der Waals surface area contributed by atoms with E-state index in [1.165, 1.54) is 0 Å². The summed E-state index contributed by atoms with van der Waals surface area (Å²) >= 11 is 0. The molecule has 1 atom stereocenters. The molecule has 0 aromatic carbocycles. The zero-order valence-electron chi connectivity index (χ0n) is 8.83. The maximum absolute atomic E-state index is 11.6. The van der Waals surface area contributed by atoms with Crippen molar-refractivity contribution in [3.05, 3.63) is 11.9 Å². The van der Waals surface area contributed by atoms with Gasteiger partial charge < -0.3 is 10.6 Å². The summed E-state index contributed by atoms with van der Waals surface area (Å²) in [5, 5.41) is 7.61. The largest absolute Gasteiger partial charge is 0.344 e. The molecule has 1 aromatic rings. The van der Waals surface area contributed by atoms with Gasteiger partial charge in [-0.25, -0.2) is 0 Å². The van der Waals surface area contributed by atoms with Gasteiger partial charge in [-0.05, 0) is 19.9 Å². The average Bonchev–Trinajstić information content (AvgIpc) is 2.59. The number of aryl methyl sites for hydroxylation is 2. The molecule has 0 aliphatic heterocycles. The van der Waals surface area contributed by atoms with Gasteiger partial charge in [-0.15, -0.1) is 5.10 Å². The maximum Gasteiger partial charge on any atom is 0.202 e. The summed E-state index contributed by atoms with van der Waals surface area (Å²) in [7, 11) is -3.03. The molecule has 6 nitrogen and oxygen atoms in total. The third-order valence-electron chi connectivity index (χ3n) is 2.04. The van der Waals surface area contributed by atoms with Crippen LogP contribution in [0.25, 0.3) is 0 Å². The summed E-state index contributed by atoms with van der Waals surface area (Å²) < 4.78 is 13.2. The highest BCUT2D eigenvalue weighted by molar-refractivity contribution is 7.57. The zero-order chi connectivity index (χ0) is 11.3.